The van der Waals surface area contributed by atoms with Crippen LogP contribution >= 0.6 is 0 Å². The molecule has 3 heteroatoms. The van der Waals surface area contributed by atoms with E-state index in [4.69, 9.17) is 4.42 Å². The summed E-state index contributed by atoms with van der Waals surface area (Å²) in [5.41, 5.74) is 1.18. The quantitative estimate of drug-likeness (QED) is 0.715. The van der Waals surface area contributed by atoms with Crippen molar-refractivity contribution in [2.24, 2.45) is 0 Å². The van der Waals surface area contributed by atoms with Gasteiger partial charge < -0.3 is 9.21 Å². The summed E-state index contributed by atoms with van der Waals surface area (Å²) in [7, 11) is 0. The zero-order valence-electron chi connectivity index (χ0n) is 9.59. The summed E-state index contributed by atoms with van der Waals surface area (Å²) < 4.78 is 5.59. The summed E-state index contributed by atoms with van der Waals surface area (Å²) in [5, 5.41) is 0. The predicted octanol–water partition coefficient (Wildman–Crippen LogP) is 2.12. The lowest BCUT2D eigenvalue weighted by molar-refractivity contribution is -0.109. The van der Waals surface area contributed by atoms with Crippen molar-refractivity contribution in [3.8, 4) is 0 Å². The van der Waals surface area contributed by atoms with E-state index >= 15 is 0 Å². The van der Waals surface area contributed by atoms with Crippen molar-refractivity contribution >= 4 is 6.29 Å². The molecule has 0 amide bonds. The van der Waals surface area contributed by atoms with Gasteiger partial charge in [-0.3, -0.25) is 4.79 Å². The molecule has 1 atom stereocenters. The molecule has 0 radical (unpaired) electrons. The fourth-order valence-electron chi connectivity index (χ4n) is 1.64. The molecule has 0 aromatic carbocycles. The van der Waals surface area contributed by atoms with E-state index in [1.807, 2.05) is 6.92 Å². The SMILES string of the molecule is CCc1oc([C@@H](C)C=O)c(C)c(=O)c1C. The Morgan fingerprint density at radius 1 is 1.33 bits per heavy atom. The lowest BCUT2D eigenvalue weighted by Gasteiger charge is -2.11. The molecular weight excluding hydrogens is 192 g/mol. The van der Waals surface area contributed by atoms with Gasteiger partial charge in [0.15, 0.2) is 5.43 Å². The van der Waals surface area contributed by atoms with Crippen LogP contribution in [-0.2, 0) is 11.2 Å². The molecule has 0 aliphatic carbocycles. The fourth-order valence-corrected chi connectivity index (χ4v) is 1.64. The largest absolute Gasteiger partial charge is 0.465 e. The highest BCUT2D eigenvalue weighted by Crippen LogP contribution is 2.19. The third kappa shape index (κ3) is 2.01. The number of aldehydes is 1. The molecule has 1 rings (SSSR count). The van der Waals surface area contributed by atoms with Crippen LogP contribution in [0, 0.1) is 13.8 Å². The normalized spacial score (nSPS) is 12.5. The smallest absolute Gasteiger partial charge is 0.191 e. The van der Waals surface area contributed by atoms with Gasteiger partial charge in [0.25, 0.3) is 0 Å². The summed E-state index contributed by atoms with van der Waals surface area (Å²) in [5.74, 6) is 0.815. The molecule has 0 N–H and O–H groups in total. The van der Waals surface area contributed by atoms with Gasteiger partial charge >= 0.3 is 0 Å². The van der Waals surface area contributed by atoms with Gasteiger partial charge in [-0.05, 0) is 20.8 Å². The van der Waals surface area contributed by atoms with E-state index in [2.05, 4.69) is 0 Å². The number of hydrogen-bond donors (Lipinski definition) is 0. The molecule has 0 aliphatic rings. The molecule has 15 heavy (non-hydrogen) atoms. The van der Waals surface area contributed by atoms with Gasteiger partial charge in [0.05, 0.1) is 5.92 Å². The topological polar surface area (TPSA) is 47.3 Å². The third-order valence-electron chi connectivity index (χ3n) is 2.64. The summed E-state index contributed by atoms with van der Waals surface area (Å²) >= 11 is 0. The Kier molecular flexibility index (Phi) is 3.45. The number of aryl methyl sites for hydroxylation is 1. The van der Waals surface area contributed by atoms with Crippen LogP contribution in [0.15, 0.2) is 9.21 Å². The van der Waals surface area contributed by atoms with Crippen LogP contribution in [0.25, 0.3) is 0 Å². The minimum Gasteiger partial charge on any atom is -0.465 e. The van der Waals surface area contributed by atoms with E-state index in [9.17, 15) is 9.59 Å². The summed E-state index contributed by atoms with van der Waals surface area (Å²) in [6.07, 6.45) is 1.46. The van der Waals surface area contributed by atoms with E-state index in [-0.39, 0.29) is 11.3 Å². The van der Waals surface area contributed by atoms with Crippen molar-refractivity contribution in [1.82, 2.24) is 0 Å². The standard InChI is InChI=1S/C12H16O3/c1-5-10-8(3)11(14)9(4)12(15-10)7(2)6-13/h6-7H,5H2,1-4H3/t7-/m0/s1. The van der Waals surface area contributed by atoms with Crippen LogP contribution in [0.5, 0.6) is 0 Å². The van der Waals surface area contributed by atoms with E-state index in [1.54, 1.807) is 20.8 Å². The molecule has 0 aliphatic heterocycles. The van der Waals surface area contributed by atoms with Crippen LogP contribution in [0.1, 0.15) is 42.4 Å². The van der Waals surface area contributed by atoms with Crippen LogP contribution < -0.4 is 5.43 Å². The first-order valence-electron chi connectivity index (χ1n) is 5.11. The van der Waals surface area contributed by atoms with E-state index in [1.165, 1.54) is 0 Å². The van der Waals surface area contributed by atoms with Crippen LogP contribution in [0.3, 0.4) is 0 Å². The van der Waals surface area contributed by atoms with Crippen LogP contribution in [0.4, 0.5) is 0 Å². The highest BCUT2D eigenvalue weighted by atomic mass is 16.3. The number of rotatable bonds is 3. The van der Waals surface area contributed by atoms with Crippen LogP contribution in [0.2, 0.25) is 0 Å². The van der Waals surface area contributed by atoms with Gasteiger partial charge in [0.1, 0.15) is 17.8 Å². The van der Waals surface area contributed by atoms with Crippen LogP contribution in [-0.4, -0.2) is 6.29 Å². The Labute approximate surface area is 89.1 Å². The molecule has 0 unspecified atom stereocenters. The second-order valence-electron chi connectivity index (χ2n) is 3.75. The molecular formula is C12H16O3. The maximum absolute atomic E-state index is 11.8. The monoisotopic (exact) mass is 208 g/mol. The Balaban J connectivity index is 3.48. The first-order chi connectivity index (χ1) is 7.02. The van der Waals surface area contributed by atoms with Gasteiger partial charge in [-0.2, -0.15) is 0 Å². The van der Waals surface area contributed by atoms with Crippen molar-refractivity contribution in [1.29, 1.82) is 0 Å². The predicted molar refractivity (Wildman–Crippen MR) is 58.3 cm³/mol. The second kappa shape index (κ2) is 4.43. The Morgan fingerprint density at radius 3 is 2.40 bits per heavy atom. The number of hydrogen-bond acceptors (Lipinski definition) is 3. The zero-order valence-corrected chi connectivity index (χ0v) is 9.59. The fraction of sp³-hybridized carbons (Fsp3) is 0.500. The summed E-state index contributed by atoms with van der Waals surface area (Å²) in [4.78, 5) is 22.5. The van der Waals surface area contributed by atoms with Gasteiger partial charge in [-0.25, -0.2) is 0 Å². The van der Waals surface area contributed by atoms with E-state index in [0.29, 0.717) is 29.1 Å². The molecule has 0 bridgehead atoms. The molecule has 3 nitrogen and oxygen atoms in total. The zero-order chi connectivity index (χ0) is 11.6. The number of carbonyl (C=O) groups is 1. The third-order valence-corrected chi connectivity index (χ3v) is 2.64. The molecule has 1 heterocycles. The lowest BCUT2D eigenvalue weighted by Crippen LogP contribution is -2.16. The van der Waals surface area contributed by atoms with Gasteiger partial charge in [0, 0.05) is 17.5 Å². The lowest BCUT2D eigenvalue weighted by atomic mass is 10.0. The molecule has 0 saturated heterocycles. The van der Waals surface area contributed by atoms with Crippen molar-refractivity contribution in [3.05, 3.63) is 32.9 Å². The first-order valence-corrected chi connectivity index (χ1v) is 5.11. The molecule has 1 aromatic heterocycles. The van der Waals surface area contributed by atoms with Gasteiger partial charge in [-0.15, -0.1) is 0 Å². The maximum atomic E-state index is 11.8. The van der Waals surface area contributed by atoms with Crippen molar-refractivity contribution in [3.63, 3.8) is 0 Å². The highest BCUT2D eigenvalue weighted by Gasteiger charge is 2.16. The Hall–Kier alpha value is -1.38. The van der Waals surface area contributed by atoms with Crippen molar-refractivity contribution in [2.75, 3.05) is 0 Å². The second-order valence-corrected chi connectivity index (χ2v) is 3.75. The molecule has 0 spiro atoms. The highest BCUT2D eigenvalue weighted by molar-refractivity contribution is 5.60. The Bertz CT molecular complexity index is 429. The Morgan fingerprint density at radius 2 is 1.93 bits per heavy atom. The van der Waals surface area contributed by atoms with Crippen molar-refractivity contribution < 1.29 is 9.21 Å². The average Bonchev–Trinajstić information content (AvgIpc) is 2.25. The molecule has 0 fully saturated rings. The minimum absolute atomic E-state index is 0.0122. The molecule has 1 aromatic rings. The van der Waals surface area contributed by atoms with Gasteiger partial charge in [-0.1, -0.05) is 6.92 Å². The maximum Gasteiger partial charge on any atom is 0.191 e. The molecule has 0 saturated carbocycles. The van der Waals surface area contributed by atoms with E-state index in [0.717, 1.165) is 6.29 Å². The number of carbonyl (C=O) groups excluding carboxylic acids is 1. The first kappa shape index (κ1) is 11.7. The average molecular weight is 208 g/mol. The van der Waals surface area contributed by atoms with Gasteiger partial charge in [0.2, 0.25) is 0 Å². The minimum atomic E-state index is -0.358. The summed E-state index contributed by atoms with van der Waals surface area (Å²) in [6, 6.07) is 0. The van der Waals surface area contributed by atoms with E-state index < -0.39 is 0 Å². The summed E-state index contributed by atoms with van der Waals surface area (Å²) in [6.45, 7) is 7.11. The molecule has 82 valence electrons. The van der Waals surface area contributed by atoms with Crippen molar-refractivity contribution in [2.45, 2.75) is 40.0 Å².